The third-order valence-corrected chi connectivity index (χ3v) is 6.21. The number of thiophene rings is 1. The lowest BCUT2D eigenvalue weighted by atomic mass is 10.1. The smallest absolute Gasteiger partial charge is 0.266 e. The first kappa shape index (κ1) is 20.6. The Labute approximate surface area is 173 Å². The summed E-state index contributed by atoms with van der Waals surface area (Å²) in [5.74, 6) is -0.646. The summed E-state index contributed by atoms with van der Waals surface area (Å²) in [6.07, 6.45) is 0. The highest BCUT2D eigenvalue weighted by Gasteiger charge is 2.23. The zero-order valence-electron chi connectivity index (χ0n) is 15.9. The Bertz CT molecular complexity index is 1040. The highest BCUT2D eigenvalue weighted by Crippen LogP contribution is 2.36. The van der Waals surface area contributed by atoms with Crippen molar-refractivity contribution in [2.24, 2.45) is 0 Å². The van der Waals surface area contributed by atoms with Gasteiger partial charge in [0.05, 0.1) is 16.0 Å². The number of anilines is 2. The number of aromatic nitrogens is 2. The molecule has 0 aliphatic heterocycles. The number of halogens is 3. The molecule has 0 bridgehead atoms. The molecule has 28 heavy (non-hydrogen) atoms. The molecule has 0 radical (unpaired) electrons. The predicted molar refractivity (Wildman–Crippen MR) is 112 cm³/mol. The summed E-state index contributed by atoms with van der Waals surface area (Å²) in [7, 11) is 0. The van der Waals surface area contributed by atoms with Crippen molar-refractivity contribution < 1.29 is 13.6 Å². The van der Waals surface area contributed by atoms with Crippen molar-refractivity contribution in [2.75, 3.05) is 23.3 Å². The molecule has 0 aliphatic carbocycles. The van der Waals surface area contributed by atoms with E-state index in [0.29, 0.717) is 15.5 Å². The Morgan fingerprint density at radius 1 is 1.21 bits per heavy atom. The summed E-state index contributed by atoms with van der Waals surface area (Å²) < 4.78 is 27.5. The van der Waals surface area contributed by atoms with Crippen molar-refractivity contribution in [3.8, 4) is 0 Å². The Balaban J connectivity index is 2.08. The van der Waals surface area contributed by atoms with Crippen LogP contribution in [-0.4, -0.2) is 29.0 Å². The van der Waals surface area contributed by atoms with Gasteiger partial charge in [0.1, 0.15) is 22.3 Å². The minimum absolute atomic E-state index is 0.102. The number of hydrogen-bond acceptors (Lipinski definition) is 5. The number of amides is 1. The maximum atomic E-state index is 14.1. The average molecular weight is 469 g/mol. The van der Waals surface area contributed by atoms with Gasteiger partial charge in [-0.15, -0.1) is 11.3 Å². The van der Waals surface area contributed by atoms with Crippen LogP contribution >= 0.6 is 27.3 Å². The number of nitrogens with one attached hydrogen (secondary N) is 1. The van der Waals surface area contributed by atoms with Gasteiger partial charge >= 0.3 is 0 Å². The number of hydrogen-bond donors (Lipinski definition) is 1. The molecule has 1 aromatic carbocycles. The second kappa shape index (κ2) is 8.08. The zero-order chi connectivity index (χ0) is 20.6. The van der Waals surface area contributed by atoms with Crippen molar-refractivity contribution in [1.82, 2.24) is 9.97 Å². The van der Waals surface area contributed by atoms with Crippen molar-refractivity contribution in [3.05, 3.63) is 44.5 Å². The predicted octanol–water partition coefficient (Wildman–Crippen LogP) is 5.45. The van der Waals surface area contributed by atoms with Gasteiger partial charge in [-0.3, -0.25) is 4.79 Å². The van der Waals surface area contributed by atoms with Crippen LogP contribution < -0.4 is 10.2 Å². The first-order chi connectivity index (χ1) is 13.3. The molecule has 0 spiro atoms. The van der Waals surface area contributed by atoms with E-state index in [1.54, 1.807) is 0 Å². The summed E-state index contributed by atoms with van der Waals surface area (Å²) in [5, 5.41) is 3.36. The van der Waals surface area contributed by atoms with Crippen molar-refractivity contribution in [1.29, 1.82) is 0 Å². The number of benzene rings is 1. The fraction of sp³-hybridized carbons (Fsp3) is 0.316. The Morgan fingerprint density at radius 2 is 1.89 bits per heavy atom. The number of nitrogens with zero attached hydrogens (tertiary/aromatic N) is 3. The minimum Gasteiger partial charge on any atom is -0.357 e. The molecule has 1 N–H and O–H groups in total. The van der Waals surface area contributed by atoms with Crippen molar-refractivity contribution in [3.63, 3.8) is 0 Å². The number of fused-ring (bicyclic) bond motifs is 1. The molecule has 0 fully saturated rings. The van der Waals surface area contributed by atoms with Crippen LogP contribution in [-0.2, 0) is 0 Å². The van der Waals surface area contributed by atoms with Gasteiger partial charge in [0, 0.05) is 23.6 Å². The van der Waals surface area contributed by atoms with Gasteiger partial charge in [-0.25, -0.2) is 18.7 Å². The van der Waals surface area contributed by atoms with E-state index < -0.39 is 17.5 Å². The summed E-state index contributed by atoms with van der Waals surface area (Å²) in [6.45, 7) is 9.26. The van der Waals surface area contributed by atoms with Gasteiger partial charge in [-0.1, -0.05) is 0 Å². The summed E-state index contributed by atoms with van der Waals surface area (Å²) in [4.78, 5) is 25.1. The molecular weight excluding hydrogens is 450 g/mol. The second-order valence-corrected chi connectivity index (χ2v) is 8.06. The molecular formula is C19H19BrF2N4OS. The molecule has 0 unspecified atom stereocenters. The highest BCUT2D eigenvalue weighted by molar-refractivity contribution is 9.10. The maximum absolute atomic E-state index is 14.1. The van der Waals surface area contributed by atoms with E-state index in [9.17, 15) is 13.6 Å². The van der Waals surface area contributed by atoms with Crippen LogP contribution in [0.3, 0.4) is 0 Å². The number of carbonyl (C=O) groups excluding carboxylic acids is 1. The van der Waals surface area contributed by atoms with Crippen molar-refractivity contribution in [2.45, 2.75) is 27.7 Å². The van der Waals surface area contributed by atoms with E-state index in [0.717, 1.165) is 42.0 Å². The molecule has 0 aliphatic rings. The topological polar surface area (TPSA) is 58.1 Å². The van der Waals surface area contributed by atoms with E-state index in [1.807, 2.05) is 27.7 Å². The van der Waals surface area contributed by atoms with Gasteiger partial charge in [-0.05, 0) is 55.3 Å². The van der Waals surface area contributed by atoms with E-state index in [1.165, 1.54) is 11.3 Å². The van der Waals surface area contributed by atoms with Gasteiger partial charge < -0.3 is 10.2 Å². The third kappa shape index (κ3) is 3.73. The summed E-state index contributed by atoms with van der Waals surface area (Å²) in [6, 6.07) is 1.83. The summed E-state index contributed by atoms with van der Waals surface area (Å²) >= 11 is 4.32. The van der Waals surface area contributed by atoms with E-state index >= 15 is 0 Å². The second-order valence-electron chi connectivity index (χ2n) is 6.20. The molecule has 0 saturated heterocycles. The lowest BCUT2D eigenvalue weighted by molar-refractivity contribution is 0.102. The number of aryl methyl sites for hydroxylation is 2. The number of carbonyl (C=O) groups is 1. The fourth-order valence-corrected chi connectivity index (χ4v) is 4.65. The monoisotopic (exact) mass is 468 g/mol. The largest absolute Gasteiger partial charge is 0.357 e. The minimum atomic E-state index is -0.849. The van der Waals surface area contributed by atoms with Crippen LogP contribution in [0.25, 0.3) is 10.2 Å². The molecule has 0 atom stereocenters. The molecule has 3 aromatic rings. The quantitative estimate of drug-likeness (QED) is 0.540. The van der Waals surface area contributed by atoms with Crippen LogP contribution in [0.1, 0.15) is 34.9 Å². The van der Waals surface area contributed by atoms with Gasteiger partial charge in [0.15, 0.2) is 5.82 Å². The lowest BCUT2D eigenvalue weighted by Crippen LogP contribution is -2.23. The van der Waals surface area contributed by atoms with Crippen LogP contribution in [0, 0.1) is 25.5 Å². The normalized spacial score (nSPS) is 11.1. The van der Waals surface area contributed by atoms with Crippen LogP contribution in [0.4, 0.5) is 20.3 Å². The van der Waals surface area contributed by atoms with E-state index in [-0.39, 0.29) is 10.2 Å². The summed E-state index contributed by atoms with van der Waals surface area (Å²) in [5.41, 5.74) is 0.632. The van der Waals surface area contributed by atoms with Gasteiger partial charge in [-0.2, -0.15) is 0 Å². The van der Waals surface area contributed by atoms with Gasteiger partial charge in [0.2, 0.25) is 0 Å². The van der Waals surface area contributed by atoms with E-state index in [2.05, 4.69) is 36.1 Å². The SMILES string of the molecule is CCN(CC)c1nc(C)nc2sc(C(=O)Nc3c(F)cc(F)cc3Br)c(C)c12. The Morgan fingerprint density at radius 3 is 2.50 bits per heavy atom. The van der Waals surface area contributed by atoms with Crippen LogP contribution in [0.2, 0.25) is 0 Å². The first-order valence-corrected chi connectivity index (χ1v) is 10.4. The molecule has 1 amide bonds. The fourth-order valence-electron chi connectivity index (χ4n) is 3.02. The molecule has 2 aromatic heterocycles. The standard InChI is InChI=1S/C19H19BrF2N4OS/c1-5-26(6-2)17-14-9(3)16(28-19(14)24-10(4)23-17)18(27)25-15-12(20)7-11(21)8-13(15)22/h7-8H,5-6H2,1-4H3,(H,25,27). The van der Waals surface area contributed by atoms with E-state index in [4.69, 9.17) is 0 Å². The van der Waals surface area contributed by atoms with Crippen LogP contribution in [0.15, 0.2) is 16.6 Å². The average Bonchev–Trinajstić information content (AvgIpc) is 2.95. The Hall–Kier alpha value is -2.13. The lowest BCUT2D eigenvalue weighted by Gasteiger charge is -2.21. The molecule has 3 rings (SSSR count). The first-order valence-electron chi connectivity index (χ1n) is 8.75. The molecule has 2 heterocycles. The highest BCUT2D eigenvalue weighted by atomic mass is 79.9. The zero-order valence-corrected chi connectivity index (χ0v) is 18.3. The van der Waals surface area contributed by atoms with Gasteiger partial charge in [0.25, 0.3) is 5.91 Å². The third-order valence-electron chi connectivity index (χ3n) is 4.40. The van der Waals surface area contributed by atoms with Crippen LogP contribution in [0.5, 0.6) is 0 Å². The van der Waals surface area contributed by atoms with Crippen molar-refractivity contribution >= 4 is 54.9 Å². The number of rotatable bonds is 5. The maximum Gasteiger partial charge on any atom is 0.266 e. The molecule has 148 valence electrons. The molecule has 0 saturated carbocycles. The molecule has 5 nitrogen and oxygen atoms in total. The molecule has 9 heteroatoms. The Kier molecular flexibility index (Phi) is 5.95.